The van der Waals surface area contributed by atoms with Crippen molar-refractivity contribution < 1.29 is 4.79 Å². The molecule has 0 saturated carbocycles. The molecule has 0 aliphatic rings. The van der Waals surface area contributed by atoms with Gasteiger partial charge >= 0.3 is 0 Å². The first kappa shape index (κ1) is 16.6. The van der Waals surface area contributed by atoms with Gasteiger partial charge in [-0.2, -0.15) is 0 Å². The first-order chi connectivity index (χ1) is 12.7. The third-order valence-corrected chi connectivity index (χ3v) is 5.47. The zero-order chi connectivity index (χ0) is 17.9. The molecule has 4 rings (SSSR count). The second-order valence-electron chi connectivity index (χ2n) is 6.36. The first-order valence-corrected chi connectivity index (χ1v) is 9.58. The Morgan fingerprint density at radius 3 is 2.62 bits per heavy atom. The molecule has 3 nitrogen and oxygen atoms in total. The summed E-state index contributed by atoms with van der Waals surface area (Å²) in [6.45, 7) is 2.78. The van der Waals surface area contributed by atoms with Crippen LogP contribution >= 0.6 is 11.3 Å². The molecule has 4 heteroatoms. The van der Waals surface area contributed by atoms with Crippen LogP contribution in [-0.4, -0.2) is 10.5 Å². The van der Waals surface area contributed by atoms with Gasteiger partial charge in [0.15, 0.2) is 0 Å². The quantitative estimate of drug-likeness (QED) is 0.500. The van der Waals surface area contributed by atoms with Crippen molar-refractivity contribution in [1.82, 2.24) is 4.57 Å². The van der Waals surface area contributed by atoms with Gasteiger partial charge in [0, 0.05) is 12.2 Å². The lowest BCUT2D eigenvalue weighted by Crippen LogP contribution is -2.18. The molecule has 0 aliphatic heterocycles. The molecule has 0 fully saturated rings. The van der Waals surface area contributed by atoms with Gasteiger partial charge in [0.25, 0.3) is 5.91 Å². The number of carbonyl (C=O) groups excluding carboxylic acids is 1. The summed E-state index contributed by atoms with van der Waals surface area (Å²) in [4.78, 5) is 12.9. The molecule has 0 saturated heterocycles. The average Bonchev–Trinajstić information content (AvgIpc) is 3.24. The van der Waals surface area contributed by atoms with Gasteiger partial charge in [0.1, 0.15) is 5.69 Å². The van der Waals surface area contributed by atoms with E-state index >= 15 is 0 Å². The molecular weight excluding hydrogens is 340 g/mol. The number of anilines is 1. The van der Waals surface area contributed by atoms with Crippen molar-refractivity contribution in [1.29, 1.82) is 0 Å². The normalized spacial score (nSPS) is 11.0. The number of rotatable bonds is 5. The predicted octanol–water partition coefficient (Wildman–Crippen LogP) is 5.51. The fourth-order valence-electron chi connectivity index (χ4n) is 3.19. The number of fused-ring (bicyclic) bond motifs is 1. The number of hydrogen-bond acceptors (Lipinski definition) is 2. The topological polar surface area (TPSA) is 34.0 Å². The van der Waals surface area contributed by atoms with Gasteiger partial charge < -0.3 is 9.88 Å². The Hall–Kier alpha value is -2.85. The third kappa shape index (κ3) is 3.28. The van der Waals surface area contributed by atoms with Gasteiger partial charge in [-0.25, -0.2) is 0 Å². The molecule has 0 atom stereocenters. The molecule has 26 heavy (non-hydrogen) atoms. The summed E-state index contributed by atoms with van der Waals surface area (Å²) >= 11 is 1.67. The minimum absolute atomic E-state index is 0.0595. The Bertz CT molecular complexity index is 1050. The Morgan fingerprint density at radius 1 is 1.04 bits per heavy atom. The van der Waals surface area contributed by atoms with Crippen LogP contribution in [0.2, 0.25) is 0 Å². The second kappa shape index (κ2) is 7.18. The molecule has 1 amide bonds. The maximum Gasteiger partial charge on any atom is 0.272 e. The zero-order valence-corrected chi connectivity index (χ0v) is 15.4. The maximum atomic E-state index is 12.9. The number of benzene rings is 2. The molecule has 130 valence electrons. The molecule has 0 radical (unpaired) electrons. The van der Waals surface area contributed by atoms with Crippen molar-refractivity contribution in [3.8, 4) is 0 Å². The maximum absolute atomic E-state index is 12.9. The van der Waals surface area contributed by atoms with Crippen molar-refractivity contribution in [2.45, 2.75) is 19.9 Å². The lowest BCUT2D eigenvalue weighted by Gasteiger charge is -2.12. The number of nitrogens with one attached hydrogen (secondary N) is 1. The smallest absolute Gasteiger partial charge is 0.272 e. The second-order valence-corrected chi connectivity index (χ2v) is 7.30. The van der Waals surface area contributed by atoms with E-state index in [0.29, 0.717) is 5.69 Å². The average molecular weight is 360 g/mol. The number of hydrogen-bond donors (Lipinski definition) is 1. The zero-order valence-electron chi connectivity index (χ0n) is 14.6. The molecule has 2 aromatic carbocycles. The van der Waals surface area contributed by atoms with Crippen LogP contribution < -0.4 is 5.32 Å². The SMILES string of the molecule is Cc1ccccc1NC(=O)c1cc2sccc2n1CCc1ccccc1. The van der Waals surface area contributed by atoms with E-state index in [1.807, 2.05) is 43.3 Å². The van der Waals surface area contributed by atoms with Crippen LogP contribution in [0.15, 0.2) is 72.1 Å². The monoisotopic (exact) mass is 360 g/mol. The van der Waals surface area contributed by atoms with Gasteiger partial charge in [-0.3, -0.25) is 4.79 Å². The standard InChI is InChI=1S/C22H20N2OS/c1-16-7-5-6-10-18(16)23-22(25)20-15-21-19(12-14-26-21)24(20)13-11-17-8-3-2-4-9-17/h2-10,12,14-15H,11,13H2,1H3,(H,23,25). The van der Waals surface area contributed by atoms with Crippen LogP contribution in [0.5, 0.6) is 0 Å². The highest BCUT2D eigenvalue weighted by Gasteiger charge is 2.17. The van der Waals surface area contributed by atoms with E-state index in [1.165, 1.54) is 5.56 Å². The summed E-state index contributed by atoms with van der Waals surface area (Å²) in [5.41, 5.74) is 5.03. The Morgan fingerprint density at radius 2 is 1.81 bits per heavy atom. The number of thiophene rings is 1. The van der Waals surface area contributed by atoms with Crippen molar-refractivity contribution in [2.75, 3.05) is 5.32 Å². The lowest BCUT2D eigenvalue weighted by atomic mass is 10.1. The molecule has 0 unspecified atom stereocenters. The number of para-hydroxylation sites is 1. The van der Waals surface area contributed by atoms with Crippen LogP contribution in [0.25, 0.3) is 10.2 Å². The van der Waals surface area contributed by atoms with E-state index in [0.717, 1.165) is 34.4 Å². The molecule has 0 aliphatic carbocycles. The molecule has 2 aromatic heterocycles. The van der Waals surface area contributed by atoms with Crippen LogP contribution in [-0.2, 0) is 13.0 Å². The largest absolute Gasteiger partial charge is 0.335 e. The van der Waals surface area contributed by atoms with E-state index in [-0.39, 0.29) is 5.91 Å². The Balaban J connectivity index is 1.63. The van der Waals surface area contributed by atoms with Gasteiger partial charge in [-0.05, 0) is 48.1 Å². The Kier molecular flexibility index (Phi) is 4.59. The molecule has 0 bridgehead atoms. The van der Waals surface area contributed by atoms with Crippen LogP contribution in [0.3, 0.4) is 0 Å². The van der Waals surface area contributed by atoms with Gasteiger partial charge in [-0.1, -0.05) is 48.5 Å². The summed E-state index contributed by atoms with van der Waals surface area (Å²) in [6.07, 6.45) is 0.894. The Labute approximate surface area is 156 Å². The summed E-state index contributed by atoms with van der Waals surface area (Å²) in [5, 5.41) is 5.14. The lowest BCUT2D eigenvalue weighted by molar-refractivity contribution is 0.101. The highest BCUT2D eigenvalue weighted by atomic mass is 32.1. The van der Waals surface area contributed by atoms with E-state index in [2.05, 4.69) is 45.6 Å². The minimum Gasteiger partial charge on any atom is -0.335 e. The molecule has 2 heterocycles. The van der Waals surface area contributed by atoms with Crippen LogP contribution in [0.4, 0.5) is 5.69 Å². The van der Waals surface area contributed by atoms with Crippen molar-refractivity contribution in [3.63, 3.8) is 0 Å². The first-order valence-electron chi connectivity index (χ1n) is 8.70. The van der Waals surface area contributed by atoms with E-state index < -0.39 is 0 Å². The summed E-state index contributed by atoms with van der Waals surface area (Å²) in [5.74, 6) is -0.0595. The molecule has 4 aromatic rings. The summed E-state index contributed by atoms with van der Waals surface area (Å²) < 4.78 is 3.28. The van der Waals surface area contributed by atoms with Gasteiger partial charge in [0.2, 0.25) is 0 Å². The van der Waals surface area contributed by atoms with Gasteiger partial charge in [0.05, 0.1) is 10.2 Å². The molecule has 0 spiro atoms. The number of aromatic nitrogens is 1. The summed E-state index contributed by atoms with van der Waals surface area (Å²) in [6, 6.07) is 22.3. The van der Waals surface area contributed by atoms with E-state index in [9.17, 15) is 4.79 Å². The number of aryl methyl sites for hydroxylation is 3. The van der Waals surface area contributed by atoms with Crippen LogP contribution in [0.1, 0.15) is 21.6 Å². The van der Waals surface area contributed by atoms with Crippen molar-refractivity contribution in [2.24, 2.45) is 0 Å². The van der Waals surface area contributed by atoms with Gasteiger partial charge in [-0.15, -0.1) is 11.3 Å². The van der Waals surface area contributed by atoms with E-state index in [1.54, 1.807) is 11.3 Å². The number of nitrogens with zero attached hydrogens (tertiary/aromatic N) is 1. The van der Waals surface area contributed by atoms with E-state index in [4.69, 9.17) is 0 Å². The van der Waals surface area contributed by atoms with Crippen molar-refractivity contribution >= 4 is 33.1 Å². The highest BCUT2D eigenvalue weighted by Crippen LogP contribution is 2.26. The predicted molar refractivity (Wildman–Crippen MR) is 109 cm³/mol. The third-order valence-electron chi connectivity index (χ3n) is 4.62. The highest BCUT2D eigenvalue weighted by molar-refractivity contribution is 7.17. The van der Waals surface area contributed by atoms with Crippen molar-refractivity contribution in [3.05, 3.63) is 88.9 Å². The summed E-state index contributed by atoms with van der Waals surface area (Å²) in [7, 11) is 0. The fraction of sp³-hybridized carbons (Fsp3) is 0.136. The number of amides is 1. The molecule has 1 N–H and O–H groups in total. The minimum atomic E-state index is -0.0595. The fourth-order valence-corrected chi connectivity index (χ4v) is 4.01. The van der Waals surface area contributed by atoms with Crippen LogP contribution in [0, 0.1) is 6.92 Å². The molecular formula is C22H20N2OS. The number of carbonyl (C=O) groups is 1.